The van der Waals surface area contributed by atoms with Crippen LogP contribution in [0.4, 0.5) is 0 Å². The Balaban J connectivity index is 2.73. The molecule has 0 unspecified atom stereocenters. The summed E-state index contributed by atoms with van der Waals surface area (Å²) in [6, 6.07) is 5.67. The van der Waals surface area contributed by atoms with Gasteiger partial charge >= 0.3 is 0 Å². The number of halogens is 1. The van der Waals surface area contributed by atoms with Crippen LogP contribution in [0, 0.1) is 0 Å². The first kappa shape index (κ1) is 13.8. The Hall–Kier alpha value is -1.22. The molecule has 1 aromatic rings. The van der Waals surface area contributed by atoms with Crippen molar-refractivity contribution in [2.24, 2.45) is 0 Å². The molecule has 0 saturated carbocycles. The average molecular weight is 257 g/mol. The van der Waals surface area contributed by atoms with Crippen LogP contribution < -0.4 is 9.47 Å². The molecule has 0 aliphatic carbocycles. The molecule has 1 aromatic carbocycles. The van der Waals surface area contributed by atoms with Crippen molar-refractivity contribution in [1.82, 2.24) is 0 Å². The van der Waals surface area contributed by atoms with E-state index in [-0.39, 0.29) is 5.24 Å². The summed E-state index contributed by atoms with van der Waals surface area (Å²) in [5.74, 6) is 1.42. The van der Waals surface area contributed by atoms with E-state index in [2.05, 4.69) is 0 Å². The normalized spacial score (nSPS) is 10.1. The highest BCUT2D eigenvalue weighted by atomic mass is 35.5. The van der Waals surface area contributed by atoms with Crippen LogP contribution in [0.25, 0.3) is 0 Å². The molecule has 94 valence electrons. The lowest BCUT2D eigenvalue weighted by Crippen LogP contribution is -1.99. The molecule has 0 heterocycles. The summed E-state index contributed by atoms with van der Waals surface area (Å²) in [6.45, 7) is 2.71. The third-order valence-corrected chi connectivity index (χ3v) is 2.49. The van der Waals surface area contributed by atoms with E-state index >= 15 is 0 Å². The third-order valence-electron chi connectivity index (χ3n) is 2.30. The summed E-state index contributed by atoms with van der Waals surface area (Å²) in [7, 11) is 1.60. The highest BCUT2D eigenvalue weighted by Crippen LogP contribution is 2.28. The minimum atomic E-state index is -0.324. The summed E-state index contributed by atoms with van der Waals surface area (Å²) in [5.41, 5.74) is 1.01. The largest absolute Gasteiger partial charge is 0.493 e. The average Bonchev–Trinajstić information content (AvgIpc) is 2.34. The SMILES string of the molecule is CCCOc1ccc(CCC(=O)Cl)cc1OC. The smallest absolute Gasteiger partial charge is 0.221 e. The van der Waals surface area contributed by atoms with Gasteiger partial charge in [0, 0.05) is 6.42 Å². The van der Waals surface area contributed by atoms with Gasteiger partial charge in [0.15, 0.2) is 11.5 Å². The molecule has 0 aliphatic rings. The van der Waals surface area contributed by atoms with E-state index < -0.39 is 0 Å². The molecule has 0 radical (unpaired) electrons. The number of methoxy groups -OCH3 is 1. The Kier molecular flexibility index (Phi) is 5.84. The van der Waals surface area contributed by atoms with Crippen LogP contribution in [-0.4, -0.2) is 19.0 Å². The maximum absolute atomic E-state index is 10.7. The minimum absolute atomic E-state index is 0.324. The van der Waals surface area contributed by atoms with E-state index in [1.54, 1.807) is 7.11 Å². The Morgan fingerprint density at radius 3 is 2.71 bits per heavy atom. The van der Waals surface area contributed by atoms with Crippen molar-refractivity contribution in [2.45, 2.75) is 26.2 Å². The highest BCUT2D eigenvalue weighted by Gasteiger charge is 2.06. The van der Waals surface area contributed by atoms with Crippen molar-refractivity contribution < 1.29 is 14.3 Å². The van der Waals surface area contributed by atoms with E-state index in [1.165, 1.54) is 0 Å². The fourth-order valence-electron chi connectivity index (χ4n) is 1.44. The van der Waals surface area contributed by atoms with Crippen molar-refractivity contribution in [3.63, 3.8) is 0 Å². The van der Waals surface area contributed by atoms with Crippen LogP contribution in [0.2, 0.25) is 0 Å². The van der Waals surface area contributed by atoms with Gasteiger partial charge in [0.2, 0.25) is 5.24 Å². The lowest BCUT2D eigenvalue weighted by Gasteiger charge is -2.11. The first-order chi connectivity index (χ1) is 8.17. The molecule has 4 heteroatoms. The lowest BCUT2D eigenvalue weighted by molar-refractivity contribution is -0.111. The van der Waals surface area contributed by atoms with Crippen LogP contribution in [-0.2, 0) is 11.2 Å². The second kappa shape index (κ2) is 7.17. The molecule has 0 spiro atoms. The number of ether oxygens (including phenoxy) is 2. The van der Waals surface area contributed by atoms with Gasteiger partial charge in [0.05, 0.1) is 13.7 Å². The van der Waals surface area contributed by atoms with Gasteiger partial charge in [-0.2, -0.15) is 0 Å². The molecule has 1 rings (SSSR count). The molecule has 0 N–H and O–H groups in total. The van der Waals surface area contributed by atoms with Gasteiger partial charge in [-0.3, -0.25) is 4.79 Å². The van der Waals surface area contributed by atoms with Gasteiger partial charge in [-0.05, 0) is 42.1 Å². The Morgan fingerprint density at radius 1 is 1.35 bits per heavy atom. The summed E-state index contributed by atoms with van der Waals surface area (Å²) >= 11 is 5.31. The number of rotatable bonds is 7. The maximum atomic E-state index is 10.7. The molecule has 0 bridgehead atoms. The molecule has 17 heavy (non-hydrogen) atoms. The Bertz CT molecular complexity index is 377. The highest BCUT2D eigenvalue weighted by molar-refractivity contribution is 6.63. The lowest BCUT2D eigenvalue weighted by atomic mass is 10.1. The van der Waals surface area contributed by atoms with Crippen molar-refractivity contribution in [2.75, 3.05) is 13.7 Å². The van der Waals surface area contributed by atoms with Crippen LogP contribution in [0.15, 0.2) is 18.2 Å². The fourth-order valence-corrected chi connectivity index (χ4v) is 1.54. The summed E-state index contributed by atoms with van der Waals surface area (Å²) in [6.07, 6.45) is 1.90. The van der Waals surface area contributed by atoms with E-state index in [9.17, 15) is 4.79 Å². The summed E-state index contributed by atoms with van der Waals surface area (Å²) in [4.78, 5) is 10.7. The van der Waals surface area contributed by atoms with Gasteiger partial charge in [0.25, 0.3) is 0 Å². The predicted octanol–water partition coefficient (Wildman–Crippen LogP) is 3.18. The van der Waals surface area contributed by atoms with Gasteiger partial charge in [0.1, 0.15) is 0 Å². The van der Waals surface area contributed by atoms with Crippen molar-refractivity contribution >= 4 is 16.8 Å². The number of hydrogen-bond acceptors (Lipinski definition) is 3. The van der Waals surface area contributed by atoms with Gasteiger partial charge in [-0.25, -0.2) is 0 Å². The standard InChI is InChI=1S/C13H17ClO3/c1-3-8-17-11-6-4-10(5-7-13(14)15)9-12(11)16-2/h4,6,9H,3,5,7-8H2,1-2H3. The number of benzene rings is 1. The molecule has 0 fully saturated rings. The van der Waals surface area contributed by atoms with Crippen molar-refractivity contribution in [1.29, 1.82) is 0 Å². The molecular weight excluding hydrogens is 240 g/mol. The number of carbonyl (C=O) groups is 1. The fraction of sp³-hybridized carbons (Fsp3) is 0.462. The zero-order valence-electron chi connectivity index (χ0n) is 10.2. The molecule has 0 atom stereocenters. The van der Waals surface area contributed by atoms with Crippen LogP contribution in [0.5, 0.6) is 11.5 Å². The molecule has 0 saturated heterocycles. The van der Waals surface area contributed by atoms with E-state index in [1.807, 2.05) is 25.1 Å². The van der Waals surface area contributed by atoms with Crippen molar-refractivity contribution in [3.8, 4) is 11.5 Å². The van der Waals surface area contributed by atoms with Gasteiger partial charge in [-0.15, -0.1) is 0 Å². The first-order valence-electron chi connectivity index (χ1n) is 5.65. The first-order valence-corrected chi connectivity index (χ1v) is 6.03. The number of carbonyl (C=O) groups excluding carboxylic acids is 1. The second-order valence-electron chi connectivity index (χ2n) is 3.69. The second-order valence-corrected chi connectivity index (χ2v) is 4.11. The molecule has 3 nitrogen and oxygen atoms in total. The van der Waals surface area contributed by atoms with Crippen molar-refractivity contribution in [3.05, 3.63) is 23.8 Å². The van der Waals surface area contributed by atoms with Crippen LogP contribution in [0.1, 0.15) is 25.3 Å². The molecule has 0 amide bonds. The minimum Gasteiger partial charge on any atom is -0.493 e. The predicted molar refractivity (Wildman–Crippen MR) is 68.0 cm³/mol. The van der Waals surface area contributed by atoms with Crippen LogP contribution in [0.3, 0.4) is 0 Å². The summed E-state index contributed by atoms with van der Waals surface area (Å²) < 4.78 is 10.8. The number of aryl methyl sites for hydroxylation is 1. The third kappa shape index (κ3) is 4.65. The van der Waals surface area contributed by atoms with Crippen LogP contribution >= 0.6 is 11.6 Å². The van der Waals surface area contributed by atoms with E-state index in [0.717, 1.165) is 17.7 Å². The zero-order chi connectivity index (χ0) is 12.7. The Labute approximate surface area is 107 Å². The summed E-state index contributed by atoms with van der Waals surface area (Å²) in [5, 5.41) is -0.324. The Morgan fingerprint density at radius 2 is 2.12 bits per heavy atom. The zero-order valence-corrected chi connectivity index (χ0v) is 10.9. The quantitative estimate of drug-likeness (QED) is 0.703. The molecule has 0 aromatic heterocycles. The van der Waals surface area contributed by atoms with Gasteiger partial charge in [-0.1, -0.05) is 13.0 Å². The molecular formula is C13H17ClO3. The topological polar surface area (TPSA) is 35.5 Å². The maximum Gasteiger partial charge on any atom is 0.221 e. The molecule has 0 aliphatic heterocycles. The van der Waals surface area contributed by atoms with E-state index in [4.69, 9.17) is 21.1 Å². The van der Waals surface area contributed by atoms with Gasteiger partial charge < -0.3 is 9.47 Å². The van der Waals surface area contributed by atoms with E-state index in [0.29, 0.717) is 25.2 Å². The monoisotopic (exact) mass is 256 g/mol. The number of hydrogen-bond donors (Lipinski definition) is 0.